The van der Waals surface area contributed by atoms with Crippen LogP contribution in [0.3, 0.4) is 0 Å². The lowest BCUT2D eigenvalue weighted by atomic mass is 10.2. The van der Waals surface area contributed by atoms with Crippen LogP contribution in [0.5, 0.6) is 0 Å². The van der Waals surface area contributed by atoms with E-state index in [0.29, 0.717) is 6.04 Å². The number of nitrogens with zero attached hydrogens (tertiary/aromatic N) is 1. The molecule has 0 amide bonds. The normalized spacial score (nSPS) is 13.3. The first kappa shape index (κ1) is 14.8. The second-order valence-electron chi connectivity index (χ2n) is 4.79. The van der Waals surface area contributed by atoms with Crippen LogP contribution in [0.1, 0.15) is 20.3 Å². The van der Waals surface area contributed by atoms with Gasteiger partial charge in [0.25, 0.3) is 0 Å². The first-order valence-corrected chi connectivity index (χ1v) is 8.34. The van der Waals surface area contributed by atoms with E-state index in [1.807, 2.05) is 18.2 Å². The summed E-state index contributed by atoms with van der Waals surface area (Å²) in [5, 5.41) is 12.7. The highest BCUT2D eigenvalue weighted by molar-refractivity contribution is 8.01. The number of aliphatic hydroxyl groups excluding tert-OH is 1. The van der Waals surface area contributed by atoms with Gasteiger partial charge in [-0.2, -0.15) is 0 Å². The maximum absolute atomic E-state index is 9.30. The number of benzene rings is 1. The number of thioether (sulfide) groups is 1. The highest BCUT2D eigenvalue weighted by Crippen LogP contribution is 2.29. The van der Waals surface area contributed by atoms with E-state index in [2.05, 4.69) is 30.2 Å². The number of thiazole rings is 1. The molecule has 1 heterocycles. The Labute approximate surface area is 122 Å². The van der Waals surface area contributed by atoms with E-state index in [4.69, 9.17) is 0 Å². The summed E-state index contributed by atoms with van der Waals surface area (Å²) in [6.07, 6.45) is 0.954. The van der Waals surface area contributed by atoms with Gasteiger partial charge in [0.2, 0.25) is 0 Å². The van der Waals surface area contributed by atoms with Crippen molar-refractivity contribution in [3.63, 3.8) is 0 Å². The molecule has 0 radical (unpaired) electrons. The summed E-state index contributed by atoms with van der Waals surface area (Å²) in [4.78, 5) is 4.59. The molecule has 0 saturated carbocycles. The molecule has 2 N–H and O–H groups in total. The largest absolute Gasteiger partial charge is 0.395 e. The fourth-order valence-electron chi connectivity index (χ4n) is 1.90. The van der Waals surface area contributed by atoms with Crippen molar-refractivity contribution < 1.29 is 5.11 Å². The lowest BCUT2D eigenvalue weighted by Gasteiger charge is -2.18. The number of hydrogen-bond acceptors (Lipinski definition) is 5. The maximum Gasteiger partial charge on any atom is 0.151 e. The quantitative estimate of drug-likeness (QED) is 0.771. The first-order valence-electron chi connectivity index (χ1n) is 6.54. The Morgan fingerprint density at radius 1 is 1.37 bits per heavy atom. The predicted molar refractivity (Wildman–Crippen MR) is 84.1 cm³/mol. The van der Waals surface area contributed by atoms with Gasteiger partial charge in [-0.25, -0.2) is 4.98 Å². The van der Waals surface area contributed by atoms with E-state index in [1.54, 1.807) is 23.1 Å². The molecule has 0 aliphatic rings. The van der Waals surface area contributed by atoms with Gasteiger partial charge in [0.1, 0.15) is 0 Å². The zero-order chi connectivity index (χ0) is 13.7. The van der Waals surface area contributed by atoms with Crippen molar-refractivity contribution in [2.24, 2.45) is 0 Å². The van der Waals surface area contributed by atoms with Crippen LogP contribution in [0.2, 0.25) is 0 Å². The molecule has 1 atom stereocenters. The molecule has 0 spiro atoms. The minimum Gasteiger partial charge on any atom is -0.395 e. The lowest BCUT2D eigenvalue weighted by Crippen LogP contribution is -2.37. The fourth-order valence-corrected chi connectivity index (χ4v) is 4.09. The third-order valence-electron chi connectivity index (χ3n) is 2.76. The van der Waals surface area contributed by atoms with Gasteiger partial charge in [0.15, 0.2) is 4.34 Å². The Bertz CT molecular complexity index is 480. The van der Waals surface area contributed by atoms with Crippen LogP contribution < -0.4 is 5.32 Å². The minimum atomic E-state index is 0.182. The molecule has 2 aromatic rings. The van der Waals surface area contributed by atoms with Gasteiger partial charge in [-0.3, -0.25) is 0 Å². The van der Waals surface area contributed by atoms with Crippen LogP contribution in [0.4, 0.5) is 0 Å². The molecule has 19 heavy (non-hydrogen) atoms. The Hall–Kier alpha value is -0.620. The highest BCUT2D eigenvalue weighted by atomic mass is 32.2. The van der Waals surface area contributed by atoms with Crippen molar-refractivity contribution in [1.82, 2.24) is 10.3 Å². The van der Waals surface area contributed by atoms with Crippen LogP contribution in [0.15, 0.2) is 28.6 Å². The number of rotatable bonds is 7. The van der Waals surface area contributed by atoms with Crippen molar-refractivity contribution in [1.29, 1.82) is 0 Å². The van der Waals surface area contributed by atoms with Crippen LogP contribution in [-0.2, 0) is 0 Å². The van der Waals surface area contributed by atoms with Crippen LogP contribution in [-0.4, -0.2) is 34.5 Å². The first-order chi connectivity index (χ1) is 9.19. The molecule has 3 nitrogen and oxygen atoms in total. The van der Waals surface area contributed by atoms with Gasteiger partial charge in [-0.15, -0.1) is 11.3 Å². The minimum absolute atomic E-state index is 0.182. The lowest BCUT2D eigenvalue weighted by molar-refractivity contribution is 0.232. The van der Waals surface area contributed by atoms with E-state index in [9.17, 15) is 5.11 Å². The van der Waals surface area contributed by atoms with Crippen molar-refractivity contribution in [3.8, 4) is 0 Å². The van der Waals surface area contributed by atoms with Gasteiger partial charge in [-0.05, 0) is 18.6 Å². The molecule has 0 saturated heterocycles. The SMILES string of the molecule is CC(C)NC(CO)CCSc1nc2ccccc2s1. The zero-order valence-corrected chi connectivity index (χ0v) is 12.9. The summed E-state index contributed by atoms with van der Waals surface area (Å²) in [6, 6.07) is 8.81. The summed E-state index contributed by atoms with van der Waals surface area (Å²) in [5.41, 5.74) is 1.08. The average molecular weight is 296 g/mol. The molecule has 1 aromatic heterocycles. The molecule has 104 valence electrons. The Kier molecular flexibility index (Phi) is 5.63. The third kappa shape index (κ3) is 4.45. The second-order valence-corrected chi connectivity index (χ2v) is 7.16. The molecule has 2 rings (SSSR count). The van der Waals surface area contributed by atoms with Crippen LogP contribution in [0.25, 0.3) is 10.2 Å². The monoisotopic (exact) mass is 296 g/mol. The molecule has 0 bridgehead atoms. The Morgan fingerprint density at radius 2 is 2.16 bits per heavy atom. The van der Waals surface area contributed by atoms with E-state index < -0.39 is 0 Å². The van der Waals surface area contributed by atoms with Crippen molar-refractivity contribution in [3.05, 3.63) is 24.3 Å². The van der Waals surface area contributed by atoms with Gasteiger partial charge < -0.3 is 10.4 Å². The molecule has 5 heteroatoms. The topological polar surface area (TPSA) is 45.1 Å². The molecule has 0 aliphatic heterocycles. The number of para-hydroxylation sites is 1. The van der Waals surface area contributed by atoms with Gasteiger partial charge in [-0.1, -0.05) is 37.7 Å². The summed E-state index contributed by atoms with van der Waals surface area (Å²) in [7, 11) is 0. The van der Waals surface area contributed by atoms with Crippen molar-refractivity contribution in [2.45, 2.75) is 36.7 Å². The van der Waals surface area contributed by atoms with E-state index in [0.717, 1.165) is 22.0 Å². The second kappa shape index (κ2) is 7.24. The van der Waals surface area contributed by atoms with Crippen LogP contribution >= 0.6 is 23.1 Å². The van der Waals surface area contributed by atoms with Crippen LogP contribution in [0, 0.1) is 0 Å². The summed E-state index contributed by atoms with van der Waals surface area (Å²) < 4.78 is 2.35. The van der Waals surface area contributed by atoms with E-state index in [-0.39, 0.29) is 12.6 Å². The van der Waals surface area contributed by atoms with E-state index in [1.165, 1.54) is 4.70 Å². The fraction of sp³-hybridized carbons (Fsp3) is 0.500. The third-order valence-corrected chi connectivity index (χ3v) is 4.97. The smallest absolute Gasteiger partial charge is 0.151 e. The van der Waals surface area contributed by atoms with Gasteiger partial charge >= 0.3 is 0 Å². The molecular weight excluding hydrogens is 276 g/mol. The number of hydrogen-bond donors (Lipinski definition) is 2. The van der Waals surface area contributed by atoms with Gasteiger partial charge in [0.05, 0.1) is 16.8 Å². The molecule has 1 aromatic carbocycles. The number of aliphatic hydroxyl groups is 1. The molecule has 1 unspecified atom stereocenters. The molecule has 0 fully saturated rings. The maximum atomic E-state index is 9.30. The predicted octanol–water partition coefficient (Wildman–Crippen LogP) is 3.14. The summed E-state index contributed by atoms with van der Waals surface area (Å²) >= 11 is 3.51. The zero-order valence-electron chi connectivity index (χ0n) is 11.3. The Morgan fingerprint density at radius 3 is 2.84 bits per heavy atom. The molecular formula is C14H20N2OS2. The van der Waals surface area contributed by atoms with E-state index >= 15 is 0 Å². The standard InChI is InChI=1S/C14H20N2OS2/c1-10(2)15-11(9-17)7-8-18-14-16-12-5-3-4-6-13(12)19-14/h3-6,10-11,15,17H,7-9H2,1-2H3. The number of nitrogens with one attached hydrogen (secondary N) is 1. The summed E-state index contributed by atoms with van der Waals surface area (Å²) in [6.45, 7) is 4.39. The highest BCUT2D eigenvalue weighted by Gasteiger charge is 2.09. The van der Waals surface area contributed by atoms with Gasteiger partial charge in [0, 0.05) is 17.8 Å². The van der Waals surface area contributed by atoms with Crippen molar-refractivity contribution >= 4 is 33.3 Å². The number of aromatic nitrogens is 1. The van der Waals surface area contributed by atoms with Crippen molar-refractivity contribution in [2.75, 3.05) is 12.4 Å². The Balaban J connectivity index is 1.84. The molecule has 0 aliphatic carbocycles. The average Bonchev–Trinajstić information content (AvgIpc) is 2.79. The summed E-state index contributed by atoms with van der Waals surface area (Å²) in [5.74, 6) is 0.977. The number of fused-ring (bicyclic) bond motifs is 1.